The maximum absolute atomic E-state index is 6.49. The molecule has 4 heteroatoms. The van der Waals surface area contributed by atoms with Gasteiger partial charge >= 0.3 is 0 Å². The molecule has 26 heavy (non-hydrogen) atoms. The highest BCUT2D eigenvalue weighted by Crippen LogP contribution is 2.35. The zero-order valence-electron chi connectivity index (χ0n) is 15.6. The summed E-state index contributed by atoms with van der Waals surface area (Å²) in [4.78, 5) is 0. The van der Waals surface area contributed by atoms with E-state index in [9.17, 15) is 0 Å². The number of benzene rings is 2. The average molecular weight is 373 g/mol. The van der Waals surface area contributed by atoms with E-state index in [1.807, 2.05) is 24.3 Å². The van der Waals surface area contributed by atoms with Crippen LogP contribution in [0.25, 0.3) is 21.9 Å². The second kappa shape index (κ2) is 7.13. The van der Waals surface area contributed by atoms with Crippen molar-refractivity contribution >= 4 is 33.5 Å². The molecule has 138 valence electrons. The molecular formula is C22H27ClNO2+. The Hall–Kier alpha value is -1.71. The summed E-state index contributed by atoms with van der Waals surface area (Å²) < 4.78 is 13.6. The summed E-state index contributed by atoms with van der Waals surface area (Å²) in [6, 6.07) is 12.0. The van der Waals surface area contributed by atoms with E-state index in [4.69, 9.17) is 20.8 Å². The van der Waals surface area contributed by atoms with Crippen LogP contribution < -0.4 is 4.74 Å². The van der Waals surface area contributed by atoms with E-state index in [0.717, 1.165) is 45.1 Å². The number of hydrogen-bond acceptors (Lipinski definition) is 2. The van der Waals surface area contributed by atoms with Gasteiger partial charge in [0.1, 0.15) is 16.9 Å². The summed E-state index contributed by atoms with van der Waals surface area (Å²) in [7, 11) is 0. The van der Waals surface area contributed by atoms with Gasteiger partial charge in [0.2, 0.25) is 6.23 Å². The van der Waals surface area contributed by atoms with Crippen LogP contribution in [0.1, 0.15) is 39.5 Å². The van der Waals surface area contributed by atoms with Crippen LogP contribution in [-0.2, 0) is 0 Å². The fraction of sp³-hybridized carbons (Fsp3) is 0.455. The molecule has 2 aromatic carbocycles. The quantitative estimate of drug-likeness (QED) is 0.469. The molecule has 0 spiro atoms. The first-order valence-electron chi connectivity index (χ1n) is 9.79. The third-order valence-electron chi connectivity index (χ3n) is 5.93. The van der Waals surface area contributed by atoms with Crippen molar-refractivity contribution in [2.45, 2.75) is 45.8 Å². The van der Waals surface area contributed by atoms with Gasteiger partial charge in [-0.05, 0) is 37.6 Å². The minimum Gasteiger partial charge on any atom is -0.456 e. The predicted octanol–water partition coefficient (Wildman–Crippen LogP) is 6.37. The topological polar surface area (TPSA) is 22.4 Å². The number of likely N-dealkylation sites (tertiary alicyclic amines) is 1. The number of ether oxygens (including phenoxy) is 1. The fourth-order valence-electron chi connectivity index (χ4n) is 4.38. The highest BCUT2D eigenvalue weighted by molar-refractivity contribution is 6.31. The Morgan fingerprint density at radius 3 is 2.65 bits per heavy atom. The van der Waals surface area contributed by atoms with Crippen LogP contribution in [0.5, 0.6) is 5.75 Å². The molecule has 0 saturated carbocycles. The molecule has 1 aromatic heterocycles. The van der Waals surface area contributed by atoms with Crippen LogP contribution in [0.4, 0.5) is 0 Å². The van der Waals surface area contributed by atoms with Crippen LogP contribution in [0.2, 0.25) is 5.02 Å². The lowest BCUT2D eigenvalue weighted by Gasteiger charge is -2.38. The first-order chi connectivity index (χ1) is 12.6. The molecule has 0 bridgehead atoms. The molecule has 2 unspecified atom stereocenters. The highest BCUT2D eigenvalue weighted by atomic mass is 35.5. The maximum Gasteiger partial charge on any atom is 0.233 e. The second-order valence-electron chi connectivity index (χ2n) is 7.45. The number of hydrogen-bond donors (Lipinski definition) is 0. The van der Waals surface area contributed by atoms with Crippen molar-refractivity contribution in [3.63, 3.8) is 0 Å². The van der Waals surface area contributed by atoms with E-state index in [1.165, 1.54) is 32.4 Å². The van der Waals surface area contributed by atoms with Gasteiger partial charge in [-0.3, -0.25) is 4.48 Å². The Kier molecular flexibility index (Phi) is 4.85. The summed E-state index contributed by atoms with van der Waals surface area (Å²) in [5.74, 6) is 0.905. The predicted molar refractivity (Wildman–Crippen MR) is 108 cm³/mol. The SMILES string of the molecule is CCCC[N+]1(CC)CCCC1Oc1ccc2c(c1)oc1cc(Cl)ccc12. The molecule has 4 rings (SSSR count). The second-order valence-corrected chi connectivity index (χ2v) is 7.89. The minimum atomic E-state index is 0.253. The van der Waals surface area contributed by atoms with Gasteiger partial charge in [0.05, 0.1) is 19.6 Å². The van der Waals surface area contributed by atoms with E-state index in [1.54, 1.807) is 0 Å². The summed E-state index contributed by atoms with van der Waals surface area (Å²) >= 11 is 6.09. The molecule has 0 amide bonds. The smallest absolute Gasteiger partial charge is 0.233 e. The first-order valence-corrected chi connectivity index (χ1v) is 10.2. The van der Waals surface area contributed by atoms with Crippen molar-refractivity contribution in [1.82, 2.24) is 0 Å². The summed E-state index contributed by atoms with van der Waals surface area (Å²) in [6.07, 6.45) is 5.12. The van der Waals surface area contributed by atoms with Crippen LogP contribution in [0, 0.1) is 0 Å². The molecule has 1 saturated heterocycles. The Balaban J connectivity index is 1.63. The van der Waals surface area contributed by atoms with Gasteiger partial charge in [-0.1, -0.05) is 24.9 Å². The monoisotopic (exact) mass is 372 g/mol. The number of fused-ring (bicyclic) bond motifs is 3. The van der Waals surface area contributed by atoms with Crippen molar-refractivity contribution in [1.29, 1.82) is 0 Å². The van der Waals surface area contributed by atoms with Crippen LogP contribution in [0.3, 0.4) is 0 Å². The van der Waals surface area contributed by atoms with Gasteiger partial charge < -0.3 is 9.15 Å². The normalized spacial score (nSPS) is 23.1. The zero-order chi connectivity index (χ0) is 18.1. The Morgan fingerprint density at radius 2 is 1.88 bits per heavy atom. The minimum absolute atomic E-state index is 0.253. The molecule has 1 aliphatic rings. The Morgan fingerprint density at radius 1 is 1.12 bits per heavy atom. The lowest BCUT2D eigenvalue weighted by atomic mass is 10.1. The summed E-state index contributed by atoms with van der Waals surface area (Å²) in [6.45, 7) is 8.13. The molecule has 3 nitrogen and oxygen atoms in total. The third kappa shape index (κ3) is 3.08. The molecule has 2 heterocycles. The number of furan rings is 1. The maximum atomic E-state index is 6.49. The van der Waals surface area contributed by atoms with Crippen molar-refractivity contribution in [2.24, 2.45) is 0 Å². The molecule has 0 aliphatic carbocycles. The van der Waals surface area contributed by atoms with Gasteiger partial charge in [-0.2, -0.15) is 0 Å². The van der Waals surface area contributed by atoms with E-state index < -0.39 is 0 Å². The first kappa shape index (κ1) is 17.7. The van der Waals surface area contributed by atoms with Crippen molar-refractivity contribution in [2.75, 3.05) is 19.6 Å². The van der Waals surface area contributed by atoms with E-state index in [0.29, 0.717) is 5.02 Å². The summed E-state index contributed by atoms with van der Waals surface area (Å²) in [5, 5.41) is 2.90. The number of unbranched alkanes of at least 4 members (excludes halogenated alkanes) is 1. The fourth-order valence-corrected chi connectivity index (χ4v) is 4.54. The molecule has 0 N–H and O–H groups in total. The van der Waals surface area contributed by atoms with E-state index >= 15 is 0 Å². The number of rotatable bonds is 6. The van der Waals surface area contributed by atoms with Crippen molar-refractivity contribution in [3.05, 3.63) is 41.4 Å². The van der Waals surface area contributed by atoms with Gasteiger partial charge in [-0.25, -0.2) is 0 Å². The van der Waals surface area contributed by atoms with Crippen LogP contribution in [-0.4, -0.2) is 30.3 Å². The standard InChI is InChI=1S/C22H27ClNO2/c1-3-5-12-24(4-2)13-6-7-22(24)25-17-9-11-19-18-10-8-16(23)14-20(18)26-21(19)15-17/h8-11,14-15,22H,3-7,12-13H2,1-2H3/q+1. The lowest BCUT2D eigenvalue weighted by molar-refractivity contribution is -0.954. The average Bonchev–Trinajstić information content (AvgIpc) is 3.20. The molecule has 1 aliphatic heterocycles. The molecule has 1 fully saturated rings. The van der Waals surface area contributed by atoms with Gasteiger partial charge in [0, 0.05) is 40.8 Å². The lowest BCUT2D eigenvalue weighted by Crippen LogP contribution is -2.54. The van der Waals surface area contributed by atoms with Gasteiger partial charge in [-0.15, -0.1) is 0 Å². The highest BCUT2D eigenvalue weighted by Gasteiger charge is 2.41. The third-order valence-corrected chi connectivity index (χ3v) is 6.17. The van der Waals surface area contributed by atoms with Gasteiger partial charge in [0.25, 0.3) is 0 Å². The van der Waals surface area contributed by atoms with Crippen LogP contribution >= 0.6 is 11.6 Å². The molecule has 3 aromatic rings. The van der Waals surface area contributed by atoms with E-state index in [2.05, 4.69) is 26.0 Å². The van der Waals surface area contributed by atoms with Crippen LogP contribution in [0.15, 0.2) is 40.8 Å². The van der Waals surface area contributed by atoms with E-state index in [-0.39, 0.29) is 6.23 Å². The molecule has 2 atom stereocenters. The zero-order valence-corrected chi connectivity index (χ0v) is 16.4. The number of quaternary nitrogens is 1. The number of halogens is 1. The van der Waals surface area contributed by atoms with Crippen molar-refractivity contribution in [3.8, 4) is 5.75 Å². The molecule has 0 radical (unpaired) electrons. The van der Waals surface area contributed by atoms with Gasteiger partial charge in [0.15, 0.2) is 0 Å². The Labute approximate surface area is 160 Å². The largest absolute Gasteiger partial charge is 0.456 e. The summed E-state index contributed by atoms with van der Waals surface area (Å²) in [5.41, 5.74) is 1.69. The number of nitrogens with zero attached hydrogens (tertiary/aromatic N) is 1. The molecular weight excluding hydrogens is 346 g/mol. The van der Waals surface area contributed by atoms with Crippen molar-refractivity contribution < 1.29 is 13.6 Å². The Bertz CT molecular complexity index is 919.